The van der Waals surface area contributed by atoms with E-state index in [4.69, 9.17) is 5.21 Å². The fourth-order valence-electron chi connectivity index (χ4n) is 3.54. The molecule has 1 heterocycles. The molecular weight excluding hydrogens is 304 g/mol. The molecule has 0 aromatic heterocycles. The highest BCUT2D eigenvalue weighted by Gasteiger charge is 2.33. The van der Waals surface area contributed by atoms with Crippen LogP contribution in [0.5, 0.6) is 0 Å². The third-order valence-electron chi connectivity index (χ3n) is 5.23. The summed E-state index contributed by atoms with van der Waals surface area (Å²) in [7, 11) is 0. The first-order valence-electron chi connectivity index (χ1n) is 9.84. The van der Waals surface area contributed by atoms with E-state index >= 15 is 0 Å². The van der Waals surface area contributed by atoms with Gasteiger partial charge in [0.05, 0.1) is 0 Å². The lowest BCUT2D eigenvalue weighted by molar-refractivity contribution is -0.145. The Balaban J connectivity index is 2.48. The molecule has 1 aliphatic rings. The zero-order valence-corrected chi connectivity index (χ0v) is 15.6. The third-order valence-corrected chi connectivity index (χ3v) is 5.23. The van der Waals surface area contributed by atoms with E-state index in [2.05, 4.69) is 6.92 Å². The number of likely N-dealkylation sites (tertiary alicyclic amines) is 1. The number of piperidine rings is 1. The number of unbranched alkanes of at least 4 members (excludes halogenated alkanes) is 6. The zero-order valence-electron chi connectivity index (χ0n) is 15.6. The highest BCUT2D eigenvalue weighted by molar-refractivity contribution is 5.87. The number of nitrogens with zero attached hydrogens (tertiary/aromatic N) is 1. The molecule has 1 unspecified atom stereocenters. The molecule has 0 saturated carbocycles. The van der Waals surface area contributed by atoms with E-state index in [0.29, 0.717) is 0 Å². The van der Waals surface area contributed by atoms with Gasteiger partial charge in [-0.05, 0) is 25.7 Å². The van der Waals surface area contributed by atoms with Crippen molar-refractivity contribution < 1.29 is 14.8 Å². The van der Waals surface area contributed by atoms with Crippen LogP contribution >= 0.6 is 0 Å². The smallest absolute Gasteiger partial charge is 0.246 e. The normalized spacial score (nSPS) is 17.4. The molecule has 1 saturated heterocycles. The van der Waals surface area contributed by atoms with Crippen LogP contribution in [-0.4, -0.2) is 35.0 Å². The minimum atomic E-state index is -0.482. The Morgan fingerprint density at radius 2 is 1.58 bits per heavy atom. The van der Waals surface area contributed by atoms with Gasteiger partial charge in [0.1, 0.15) is 0 Å². The molecule has 1 fully saturated rings. The van der Waals surface area contributed by atoms with Crippen LogP contribution < -0.4 is 5.48 Å². The number of nitrogens with one attached hydrogen (secondary N) is 1. The van der Waals surface area contributed by atoms with Gasteiger partial charge in [0.2, 0.25) is 11.8 Å². The van der Waals surface area contributed by atoms with E-state index < -0.39 is 11.8 Å². The predicted octanol–water partition coefficient (Wildman–Crippen LogP) is 3.90. The Kier molecular flexibility index (Phi) is 10.7. The largest absolute Gasteiger partial charge is 0.342 e. The molecule has 2 atom stereocenters. The van der Waals surface area contributed by atoms with Gasteiger partial charge in [0.25, 0.3) is 0 Å². The molecule has 0 spiro atoms. The summed E-state index contributed by atoms with van der Waals surface area (Å²) in [5.41, 5.74) is 1.72. The van der Waals surface area contributed by atoms with Crippen molar-refractivity contribution in [2.24, 2.45) is 11.8 Å². The summed E-state index contributed by atoms with van der Waals surface area (Å²) in [6, 6.07) is 0. The molecule has 2 amide bonds. The van der Waals surface area contributed by atoms with Crippen LogP contribution in [0.25, 0.3) is 0 Å². The number of rotatable bonds is 11. The van der Waals surface area contributed by atoms with Gasteiger partial charge in [-0.25, -0.2) is 5.48 Å². The second-order valence-corrected chi connectivity index (χ2v) is 7.17. The lowest BCUT2D eigenvalue weighted by atomic mass is 9.86. The number of amides is 2. The standard InChI is InChI=1S/C19H36N2O3/c1-3-4-5-6-7-8-10-13-17(16(2)18(22)20-24)19(23)21-14-11-9-12-15-21/h16-17,24H,3-15H2,1-2H3,(H,20,22)/t16-,17?/m0/s1. The number of hydrogen-bond acceptors (Lipinski definition) is 3. The third kappa shape index (κ3) is 7.20. The van der Waals surface area contributed by atoms with Crippen molar-refractivity contribution in [2.75, 3.05) is 13.1 Å². The first kappa shape index (κ1) is 20.9. The fourth-order valence-corrected chi connectivity index (χ4v) is 3.54. The summed E-state index contributed by atoms with van der Waals surface area (Å²) in [4.78, 5) is 26.6. The average molecular weight is 341 g/mol. The Morgan fingerprint density at radius 1 is 1.00 bits per heavy atom. The van der Waals surface area contributed by atoms with Crippen LogP contribution in [0, 0.1) is 11.8 Å². The van der Waals surface area contributed by atoms with Gasteiger partial charge in [-0.2, -0.15) is 0 Å². The van der Waals surface area contributed by atoms with Crippen LogP contribution in [0.2, 0.25) is 0 Å². The Bertz CT molecular complexity index is 368. The van der Waals surface area contributed by atoms with Crippen molar-refractivity contribution in [1.82, 2.24) is 10.4 Å². The van der Waals surface area contributed by atoms with Crippen LogP contribution in [0.1, 0.15) is 84.5 Å². The maximum Gasteiger partial charge on any atom is 0.246 e. The van der Waals surface area contributed by atoms with Crippen molar-refractivity contribution in [3.63, 3.8) is 0 Å². The number of carbonyl (C=O) groups is 2. The lowest BCUT2D eigenvalue weighted by Crippen LogP contribution is -2.44. The molecule has 5 nitrogen and oxygen atoms in total. The van der Waals surface area contributed by atoms with Crippen LogP contribution in [0.4, 0.5) is 0 Å². The van der Waals surface area contributed by atoms with Gasteiger partial charge >= 0.3 is 0 Å². The molecule has 0 aromatic rings. The van der Waals surface area contributed by atoms with Crippen LogP contribution in [0.15, 0.2) is 0 Å². The number of hydrogen-bond donors (Lipinski definition) is 2. The monoisotopic (exact) mass is 340 g/mol. The van der Waals surface area contributed by atoms with Crippen LogP contribution in [-0.2, 0) is 9.59 Å². The Morgan fingerprint density at radius 3 is 2.17 bits per heavy atom. The van der Waals surface area contributed by atoms with Gasteiger partial charge in [-0.15, -0.1) is 0 Å². The molecule has 2 N–H and O–H groups in total. The first-order valence-corrected chi connectivity index (χ1v) is 9.84. The molecule has 24 heavy (non-hydrogen) atoms. The van der Waals surface area contributed by atoms with Gasteiger partial charge in [0.15, 0.2) is 0 Å². The van der Waals surface area contributed by atoms with E-state index in [1.807, 2.05) is 4.90 Å². The summed E-state index contributed by atoms with van der Waals surface area (Å²) in [5, 5.41) is 8.91. The summed E-state index contributed by atoms with van der Waals surface area (Å²) in [5.74, 6) is -1.15. The van der Waals surface area contributed by atoms with E-state index in [9.17, 15) is 9.59 Å². The molecule has 0 radical (unpaired) electrons. The van der Waals surface area contributed by atoms with E-state index in [1.165, 1.54) is 38.5 Å². The molecule has 0 bridgehead atoms. The predicted molar refractivity (Wildman–Crippen MR) is 95.6 cm³/mol. The number of hydroxylamine groups is 1. The van der Waals surface area contributed by atoms with Crippen LogP contribution in [0.3, 0.4) is 0 Å². The molecule has 0 aromatic carbocycles. The second kappa shape index (κ2) is 12.3. The molecule has 1 aliphatic heterocycles. The average Bonchev–Trinajstić information content (AvgIpc) is 2.63. The van der Waals surface area contributed by atoms with Crippen molar-refractivity contribution >= 4 is 11.8 Å². The van der Waals surface area contributed by atoms with Gasteiger partial charge in [0, 0.05) is 24.9 Å². The fraction of sp³-hybridized carbons (Fsp3) is 0.895. The summed E-state index contributed by atoms with van der Waals surface area (Å²) in [6.45, 7) is 5.57. The lowest BCUT2D eigenvalue weighted by Gasteiger charge is -2.32. The Hall–Kier alpha value is -1.10. The highest BCUT2D eigenvalue weighted by Crippen LogP contribution is 2.24. The van der Waals surface area contributed by atoms with Crippen molar-refractivity contribution in [3.05, 3.63) is 0 Å². The summed E-state index contributed by atoms with van der Waals surface area (Å²) in [6.07, 6.45) is 12.4. The van der Waals surface area contributed by atoms with Gasteiger partial charge in [-0.1, -0.05) is 58.8 Å². The summed E-state index contributed by atoms with van der Waals surface area (Å²) >= 11 is 0. The highest BCUT2D eigenvalue weighted by atomic mass is 16.5. The molecule has 5 heteroatoms. The van der Waals surface area contributed by atoms with Crippen molar-refractivity contribution in [3.8, 4) is 0 Å². The molecular formula is C19H36N2O3. The first-order chi connectivity index (χ1) is 11.6. The summed E-state index contributed by atoms with van der Waals surface area (Å²) < 4.78 is 0. The number of carbonyl (C=O) groups excluding carboxylic acids is 2. The molecule has 0 aliphatic carbocycles. The maximum atomic E-state index is 12.8. The van der Waals surface area contributed by atoms with E-state index in [-0.39, 0.29) is 11.8 Å². The SMILES string of the molecule is CCCCCCCCCC(C(=O)N1CCCCC1)[C@H](C)C(=O)NO. The molecule has 1 rings (SSSR count). The van der Waals surface area contributed by atoms with E-state index in [0.717, 1.165) is 45.2 Å². The van der Waals surface area contributed by atoms with Gasteiger partial charge < -0.3 is 4.90 Å². The quantitative estimate of drug-likeness (QED) is 0.340. The topological polar surface area (TPSA) is 69.6 Å². The van der Waals surface area contributed by atoms with Crippen molar-refractivity contribution in [2.45, 2.75) is 84.5 Å². The van der Waals surface area contributed by atoms with Crippen molar-refractivity contribution in [1.29, 1.82) is 0 Å². The molecule has 140 valence electrons. The maximum absolute atomic E-state index is 12.8. The van der Waals surface area contributed by atoms with Gasteiger partial charge in [-0.3, -0.25) is 14.8 Å². The zero-order chi connectivity index (χ0) is 17.8. The minimum absolute atomic E-state index is 0.0942. The van der Waals surface area contributed by atoms with E-state index in [1.54, 1.807) is 12.4 Å². The second-order valence-electron chi connectivity index (χ2n) is 7.17. The Labute approximate surface area is 147 Å². The minimum Gasteiger partial charge on any atom is -0.342 e.